The molecule has 1 N–H and O–H groups in total. The lowest BCUT2D eigenvalue weighted by Crippen LogP contribution is -2.16. The van der Waals surface area contributed by atoms with Gasteiger partial charge in [0, 0.05) is 0 Å². The van der Waals surface area contributed by atoms with Gasteiger partial charge in [-0.3, -0.25) is 4.79 Å². The molecule has 0 saturated carbocycles. The molecule has 1 aromatic rings. The molecule has 2 rings (SSSR count). The van der Waals surface area contributed by atoms with Crippen LogP contribution >= 0.6 is 11.8 Å². The first-order valence-electron chi connectivity index (χ1n) is 3.50. The van der Waals surface area contributed by atoms with Gasteiger partial charge in [0.1, 0.15) is 5.82 Å². The highest BCUT2D eigenvalue weighted by Gasteiger charge is 2.18. The van der Waals surface area contributed by atoms with Gasteiger partial charge in [0.2, 0.25) is 5.12 Å². The highest BCUT2D eigenvalue weighted by atomic mass is 32.2. The Morgan fingerprint density at radius 1 is 1.50 bits per heavy atom. The maximum atomic E-state index is 13.0. The molecule has 2 nitrogen and oxygen atoms in total. The van der Waals surface area contributed by atoms with E-state index in [1.54, 1.807) is 12.1 Å². The predicted molar refractivity (Wildman–Crippen MR) is 45.8 cm³/mol. The summed E-state index contributed by atoms with van der Waals surface area (Å²) in [5.41, 5.74) is 0.708. The largest absolute Gasteiger partial charge is 0.376 e. The summed E-state index contributed by atoms with van der Waals surface area (Å²) in [7, 11) is 0. The van der Waals surface area contributed by atoms with Gasteiger partial charge in [-0.15, -0.1) is 0 Å². The Balaban J connectivity index is 2.50. The van der Waals surface area contributed by atoms with Crippen LogP contribution in [0.25, 0.3) is 0 Å². The van der Waals surface area contributed by atoms with E-state index in [4.69, 9.17) is 0 Å². The molecule has 4 heteroatoms. The maximum Gasteiger partial charge on any atom is 0.212 e. The maximum absolute atomic E-state index is 13.0. The first kappa shape index (κ1) is 7.61. The number of halogens is 1. The molecule has 0 spiro atoms. The molecule has 0 atom stereocenters. The van der Waals surface area contributed by atoms with Crippen LogP contribution in [0.2, 0.25) is 0 Å². The number of benzene rings is 1. The lowest BCUT2D eigenvalue weighted by Gasteiger charge is -2.15. The first-order chi connectivity index (χ1) is 5.77. The number of carbonyl (C=O) groups is 1. The minimum absolute atomic E-state index is 0.0485. The zero-order chi connectivity index (χ0) is 8.55. The number of nitrogens with one attached hydrogen (secondary N) is 1. The van der Waals surface area contributed by atoms with Crippen LogP contribution in [0.5, 0.6) is 0 Å². The van der Waals surface area contributed by atoms with E-state index in [-0.39, 0.29) is 17.5 Å². The number of hydrogen-bond donors (Lipinski definition) is 1. The van der Waals surface area contributed by atoms with Gasteiger partial charge in [0.05, 0.1) is 17.1 Å². The van der Waals surface area contributed by atoms with Gasteiger partial charge in [-0.1, -0.05) is 6.07 Å². The van der Waals surface area contributed by atoms with Gasteiger partial charge < -0.3 is 5.32 Å². The molecule has 0 aliphatic carbocycles. The first-order valence-corrected chi connectivity index (χ1v) is 4.32. The van der Waals surface area contributed by atoms with Crippen LogP contribution in [0.3, 0.4) is 0 Å². The molecule has 62 valence electrons. The Morgan fingerprint density at radius 3 is 3.17 bits per heavy atom. The van der Waals surface area contributed by atoms with Crippen molar-refractivity contribution in [3.63, 3.8) is 0 Å². The monoisotopic (exact) mass is 183 g/mol. The van der Waals surface area contributed by atoms with Crippen molar-refractivity contribution in [2.24, 2.45) is 0 Å². The minimum atomic E-state index is -0.335. The summed E-state index contributed by atoms with van der Waals surface area (Å²) >= 11 is 0.962. The van der Waals surface area contributed by atoms with E-state index in [2.05, 4.69) is 5.32 Å². The molecule has 1 aromatic carbocycles. The van der Waals surface area contributed by atoms with E-state index in [1.807, 2.05) is 0 Å². The van der Waals surface area contributed by atoms with Crippen molar-refractivity contribution in [1.82, 2.24) is 0 Å². The van der Waals surface area contributed by atoms with E-state index < -0.39 is 0 Å². The van der Waals surface area contributed by atoms with Crippen LogP contribution in [0.15, 0.2) is 23.1 Å². The fraction of sp³-hybridized carbons (Fsp3) is 0.125. The molecular formula is C8H6FNOS. The summed E-state index contributed by atoms with van der Waals surface area (Å²) in [6.07, 6.45) is 0. The SMILES string of the molecule is O=C1CNc2cccc(F)c2S1. The topological polar surface area (TPSA) is 29.1 Å². The summed E-state index contributed by atoms with van der Waals surface area (Å²) < 4.78 is 13.0. The number of hydrogen-bond acceptors (Lipinski definition) is 3. The van der Waals surface area contributed by atoms with E-state index in [0.29, 0.717) is 10.6 Å². The molecule has 0 saturated heterocycles. The van der Waals surface area contributed by atoms with Crippen molar-refractivity contribution >= 4 is 22.6 Å². The van der Waals surface area contributed by atoms with Gasteiger partial charge in [-0.2, -0.15) is 0 Å². The average molecular weight is 183 g/mol. The van der Waals surface area contributed by atoms with E-state index in [0.717, 1.165) is 11.8 Å². The van der Waals surface area contributed by atoms with Gasteiger partial charge >= 0.3 is 0 Å². The van der Waals surface area contributed by atoms with Crippen LogP contribution in [-0.4, -0.2) is 11.7 Å². The van der Waals surface area contributed by atoms with Gasteiger partial charge in [-0.05, 0) is 23.9 Å². The minimum Gasteiger partial charge on any atom is -0.376 e. The van der Waals surface area contributed by atoms with Gasteiger partial charge in [0.15, 0.2) is 0 Å². The number of fused-ring (bicyclic) bond motifs is 1. The van der Waals surface area contributed by atoms with Crippen LogP contribution in [0, 0.1) is 5.82 Å². The fourth-order valence-electron chi connectivity index (χ4n) is 1.07. The molecule has 0 unspecified atom stereocenters. The summed E-state index contributed by atoms with van der Waals surface area (Å²) in [5, 5.41) is 2.79. The molecule has 0 aromatic heterocycles. The second-order valence-electron chi connectivity index (χ2n) is 2.44. The third kappa shape index (κ3) is 1.18. The molecule has 0 radical (unpaired) electrons. The summed E-state index contributed by atoms with van der Waals surface area (Å²) in [6.45, 7) is 0.279. The van der Waals surface area contributed by atoms with Crippen molar-refractivity contribution in [2.75, 3.05) is 11.9 Å². The van der Waals surface area contributed by atoms with Crippen LogP contribution in [0.1, 0.15) is 0 Å². The number of anilines is 1. The smallest absolute Gasteiger partial charge is 0.212 e. The standard InChI is InChI=1S/C8H6FNOS/c9-5-2-1-3-6-8(5)12-7(11)4-10-6/h1-3,10H,4H2. The highest BCUT2D eigenvalue weighted by molar-refractivity contribution is 8.14. The highest BCUT2D eigenvalue weighted by Crippen LogP contribution is 2.33. The van der Waals surface area contributed by atoms with Crippen molar-refractivity contribution < 1.29 is 9.18 Å². The normalized spacial score (nSPS) is 15.2. The number of rotatable bonds is 0. The molecule has 0 bridgehead atoms. The molecule has 0 amide bonds. The molecule has 0 fully saturated rings. The van der Waals surface area contributed by atoms with Crippen LogP contribution in [0.4, 0.5) is 10.1 Å². The van der Waals surface area contributed by atoms with Crippen LogP contribution < -0.4 is 5.32 Å². The third-order valence-electron chi connectivity index (χ3n) is 1.61. The molecule has 1 aliphatic heterocycles. The zero-order valence-corrected chi connectivity index (χ0v) is 6.95. The Kier molecular flexibility index (Phi) is 1.77. The summed E-state index contributed by atoms with van der Waals surface area (Å²) in [4.78, 5) is 11.3. The van der Waals surface area contributed by atoms with Gasteiger partial charge in [-0.25, -0.2) is 4.39 Å². The summed E-state index contributed by atoms with van der Waals surface area (Å²) in [5.74, 6) is -0.335. The van der Waals surface area contributed by atoms with E-state index in [9.17, 15) is 9.18 Å². The Labute approximate surface area is 73.2 Å². The lowest BCUT2D eigenvalue weighted by molar-refractivity contribution is -0.109. The quantitative estimate of drug-likeness (QED) is 0.665. The fourth-order valence-corrected chi connectivity index (χ4v) is 1.86. The second-order valence-corrected chi connectivity index (χ2v) is 3.51. The predicted octanol–water partition coefficient (Wildman–Crippen LogP) is 1.87. The molecule has 1 heterocycles. The molecule has 12 heavy (non-hydrogen) atoms. The van der Waals surface area contributed by atoms with E-state index in [1.165, 1.54) is 6.07 Å². The number of carbonyl (C=O) groups excluding carboxylic acids is 1. The average Bonchev–Trinajstić information content (AvgIpc) is 2.07. The Bertz CT molecular complexity index is 340. The molecular weight excluding hydrogens is 177 g/mol. The van der Waals surface area contributed by atoms with Crippen molar-refractivity contribution in [2.45, 2.75) is 4.90 Å². The lowest BCUT2D eigenvalue weighted by atomic mass is 10.3. The summed E-state index contributed by atoms with van der Waals surface area (Å²) in [6, 6.07) is 4.74. The zero-order valence-electron chi connectivity index (χ0n) is 6.13. The van der Waals surface area contributed by atoms with Crippen molar-refractivity contribution in [3.05, 3.63) is 24.0 Å². The van der Waals surface area contributed by atoms with E-state index >= 15 is 0 Å². The van der Waals surface area contributed by atoms with Crippen molar-refractivity contribution in [3.8, 4) is 0 Å². The Hall–Kier alpha value is -1.03. The van der Waals surface area contributed by atoms with Crippen molar-refractivity contribution in [1.29, 1.82) is 0 Å². The molecule has 1 aliphatic rings. The third-order valence-corrected chi connectivity index (χ3v) is 2.60. The van der Waals surface area contributed by atoms with Gasteiger partial charge in [0.25, 0.3) is 0 Å². The Morgan fingerprint density at radius 2 is 2.33 bits per heavy atom. The number of thioether (sulfide) groups is 1. The van der Waals surface area contributed by atoms with Crippen LogP contribution in [-0.2, 0) is 4.79 Å². The second kappa shape index (κ2) is 2.79.